The van der Waals surface area contributed by atoms with E-state index >= 15 is 0 Å². The number of hydrogen-bond acceptors (Lipinski definition) is 3. The molecule has 3 heteroatoms. The number of likely N-dealkylation sites (N-methyl/N-ethyl adjacent to an activating group) is 1. The molecular weight excluding hydrogens is 238 g/mol. The Balaban J connectivity index is 1.84. The van der Waals surface area contributed by atoms with Crippen molar-refractivity contribution in [1.29, 1.82) is 0 Å². The Morgan fingerprint density at radius 3 is 2.89 bits per heavy atom. The van der Waals surface area contributed by atoms with Gasteiger partial charge in [-0.1, -0.05) is 25.5 Å². The molecule has 0 aliphatic heterocycles. The molecule has 0 radical (unpaired) electrons. The second-order valence-corrected chi connectivity index (χ2v) is 5.44. The Labute approximate surface area is 113 Å². The molecule has 0 spiro atoms. The van der Waals surface area contributed by atoms with Gasteiger partial charge in [0.25, 0.3) is 0 Å². The highest BCUT2D eigenvalue weighted by Crippen LogP contribution is 2.35. The minimum Gasteiger partial charge on any atom is -0.464 e. The lowest BCUT2D eigenvalue weighted by atomic mass is 9.76. The largest absolute Gasteiger partial charge is 0.464 e. The lowest BCUT2D eigenvalue weighted by Crippen LogP contribution is -2.43. The van der Waals surface area contributed by atoms with Crippen LogP contribution in [0, 0.1) is 5.92 Å². The van der Waals surface area contributed by atoms with Gasteiger partial charge in [-0.15, -0.1) is 0 Å². The number of furan rings is 1. The van der Waals surface area contributed by atoms with E-state index in [1.54, 1.807) is 6.26 Å². The molecule has 1 heterocycles. The molecule has 3 nitrogen and oxygen atoms in total. The minimum atomic E-state index is -0.459. The van der Waals surface area contributed by atoms with Crippen molar-refractivity contribution in [2.24, 2.45) is 5.92 Å². The lowest BCUT2D eigenvalue weighted by Gasteiger charge is -2.37. The van der Waals surface area contributed by atoms with E-state index in [0.717, 1.165) is 23.1 Å². The normalized spacial score (nSPS) is 19.3. The highest BCUT2D eigenvalue weighted by molar-refractivity contribution is 5.77. The molecule has 2 atom stereocenters. The van der Waals surface area contributed by atoms with Gasteiger partial charge in [-0.05, 0) is 43.0 Å². The van der Waals surface area contributed by atoms with Crippen LogP contribution < -0.4 is 5.32 Å². The monoisotopic (exact) mass is 259 g/mol. The Morgan fingerprint density at radius 2 is 2.21 bits per heavy atom. The van der Waals surface area contributed by atoms with Crippen LogP contribution in [-0.2, 0) is 0 Å². The fourth-order valence-electron chi connectivity index (χ4n) is 2.93. The maximum Gasteiger partial charge on any atom is 0.134 e. The van der Waals surface area contributed by atoms with Gasteiger partial charge in [0.2, 0.25) is 0 Å². The van der Waals surface area contributed by atoms with E-state index in [-0.39, 0.29) is 6.04 Å². The van der Waals surface area contributed by atoms with Crippen molar-refractivity contribution in [3.05, 3.63) is 36.1 Å². The van der Waals surface area contributed by atoms with Gasteiger partial charge >= 0.3 is 0 Å². The second kappa shape index (κ2) is 5.35. The van der Waals surface area contributed by atoms with Gasteiger partial charge in [-0.2, -0.15) is 0 Å². The number of fused-ring (bicyclic) bond motifs is 1. The molecule has 19 heavy (non-hydrogen) atoms. The van der Waals surface area contributed by atoms with E-state index in [1.165, 1.54) is 19.3 Å². The summed E-state index contributed by atoms with van der Waals surface area (Å²) >= 11 is 0. The molecule has 1 aromatic carbocycles. The fraction of sp³-hybridized carbons (Fsp3) is 0.500. The number of aliphatic hydroxyl groups is 1. The van der Waals surface area contributed by atoms with E-state index in [2.05, 4.69) is 12.2 Å². The van der Waals surface area contributed by atoms with Crippen LogP contribution in [0.5, 0.6) is 0 Å². The van der Waals surface area contributed by atoms with Crippen LogP contribution in [0.15, 0.2) is 34.9 Å². The van der Waals surface area contributed by atoms with Gasteiger partial charge in [-0.25, -0.2) is 0 Å². The zero-order valence-corrected chi connectivity index (χ0v) is 11.3. The van der Waals surface area contributed by atoms with Gasteiger partial charge in [0.05, 0.1) is 12.4 Å². The molecule has 1 aliphatic carbocycles. The summed E-state index contributed by atoms with van der Waals surface area (Å²) in [5.74, 6) is 0.599. The van der Waals surface area contributed by atoms with E-state index in [0.29, 0.717) is 5.92 Å². The minimum absolute atomic E-state index is 0.158. The van der Waals surface area contributed by atoms with E-state index < -0.39 is 6.10 Å². The third-order valence-electron chi connectivity index (χ3n) is 4.26. The lowest BCUT2D eigenvalue weighted by molar-refractivity contribution is 0.0703. The quantitative estimate of drug-likeness (QED) is 0.866. The SMILES string of the molecule is CCNC(C1CCC1)C(O)c1ccc2ccoc2c1. The maximum absolute atomic E-state index is 10.6. The summed E-state index contributed by atoms with van der Waals surface area (Å²) in [7, 11) is 0. The van der Waals surface area contributed by atoms with Crippen LogP contribution in [0.25, 0.3) is 11.0 Å². The Hall–Kier alpha value is -1.32. The molecule has 2 aromatic rings. The number of nitrogens with one attached hydrogen (secondary N) is 1. The number of benzene rings is 1. The van der Waals surface area contributed by atoms with Gasteiger partial charge in [0.15, 0.2) is 0 Å². The maximum atomic E-state index is 10.6. The molecule has 2 N–H and O–H groups in total. The van der Waals surface area contributed by atoms with Crippen LogP contribution in [0.3, 0.4) is 0 Å². The van der Waals surface area contributed by atoms with Gasteiger partial charge < -0.3 is 14.8 Å². The third-order valence-corrected chi connectivity index (χ3v) is 4.26. The molecule has 1 saturated carbocycles. The summed E-state index contributed by atoms with van der Waals surface area (Å²) in [5, 5.41) is 15.2. The summed E-state index contributed by atoms with van der Waals surface area (Å²) in [6.45, 7) is 2.98. The van der Waals surface area contributed by atoms with Crippen molar-refractivity contribution < 1.29 is 9.52 Å². The highest BCUT2D eigenvalue weighted by atomic mass is 16.3. The fourth-order valence-corrected chi connectivity index (χ4v) is 2.93. The van der Waals surface area contributed by atoms with Crippen LogP contribution >= 0.6 is 0 Å². The third kappa shape index (κ3) is 2.40. The summed E-state index contributed by atoms with van der Waals surface area (Å²) in [6, 6.07) is 8.08. The second-order valence-electron chi connectivity index (χ2n) is 5.44. The molecule has 1 aliphatic rings. The average molecular weight is 259 g/mol. The van der Waals surface area contributed by atoms with E-state index in [1.807, 2.05) is 24.3 Å². The van der Waals surface area contributed by atoms with Crippen molar-refractivity contribution in [2.75, 3.05) is 6.54 Å². The van der Waals surface area contributed by atoms with E-state index in [4.69, 9.17) is 4.42 Å². The predicted octanol–water partition coefficient (Wildman–Crippen LogP) is 3.24. The first-order chi connectivity index (χ1) is 9.29. The Bertz CT molecular complexity index is 544. The van der Waals surface area contributed by atoms with Gasteiger partial charge in [0, 0.05) is 11.4 Å². The Morgan fingerprint density at radius 1 is 1.37 bits per heavy atom. The number of rotatable bonds is 5. The van der Waals surface area contributed by atoms with Gasteiger partial charge in [0.1, 0.15) is 5.58 Å². The first-order valence-corrected chi connectivity index (χ1v) is 7.18. The van der Waals surface area contributed by atoms with Crippen molar-refractivity contribution in [3.63, 3.8) is 0 Å². The summed E-state index contributed by atoms with van der Waals surface area (Å²) in [6.07, 6.45) is 4.96. The summed E-state index contributed by atoms with van der Waals surface area (Å²) in [5.41, 5.74) is 1.79. The standard InChI is InChI=1S/C16H21NO2/c1-2-17-15(12-4-3-5-12)16(18)13-7-6-11-8-9-19-14(11)10-13/h6-10,12,15-18H,2-5H2,1H3. The molecule has 3 rings (SSSR count). The zero-order chi connectivity index (χ0) is 13.2. The van der Waals surface area contributed by atoms with Crippen molar-refractivity contribution in [2.45, 2.75) is 38.3 Å². The molecule has 0 bridgehead atoms. The smallest absolute Gasteiger partial charge is 0.134 e. The topological polar surface area (TPSA) is 45.4 Å². The predicted molar refractivity (Wildman–Crippen MR) is 76.0 cm³/mol. The van der Waals surface area contributed by atoms with Crippen LogP contribution in [0.4, 0.5) is 0 Å². The molecule has 102 valence electrons. The Kier molecular flexibility index (Phi) is 3.58. The van der Waals surface area contributed by atoms with Gasteiger partial charge in [-0.3, -0.25) is 0 Å². The first-order valence-electron chi connectivity index (χ1n) is 7.18. The molecule has 0 saturated heterocycles. The molecular formula is C16H21NO2. The van der Waals surface area contributed by atoms with Crippen LogP contribution in [-0.4, -0.2) is 17.7 Å². The summed E-state index contributed by atoms with van der Waals surface area (Å²) in [4.78, 5) is 0. The highest BCUT2D eigenvalue weighted by Gasteiger charge is 2.32. The summed E-state index contributed by atoms with van der Waals surface area (Å²) < 4.78 is 5.42. The van der Waals surface area contributed by atoms with Crippen molar-refractivity contribution >= 4 is 11.0 Å². The van der Waals surface area contributed by atoms with Crippen LogP contribution in [0.1, 0.15) is 37.9 Å². The molecule has 0 amide bonds. The first kappa shape index (κ1) is 12.7. The zero-order valence-electron chi connectivity index (χ0n) is 11.3. The molecule has 2 unspecified atom stereocenters. The molecule has 1 fully saturated rings. The van der Waals surface area contributed by atoms with Crippen LogP contribution in [0.2, 0.25) is 0 Å². The molecule has 1 aromatic heterocycles. The average Bonchev–Trinajstić information content (AvgIpc) is 2.82. The number of aliphatic hydroxyl groups excluding tert-OH is 1. The van der Waals surface area contributed by atoms with E-state index in [9.17, 15) is 5.11 Å². The number of hydrogen-bond donors (Lipinski definition) is 2. The van der Waals surface area contributed by atoms with Crippen molar-refractivity contribution in [3.8, 4) is 0 Å². The van der Waals surface area contributed by atoms with Crippen molar-refractivity contribution in [1.82, 2.24) is 5.32 Å².